The third-order valence-electron chi connectivity index (χ3n) is 6.57. The zero-order chi connectivity index (χ0) is 26.8. The number of hydrogen-bond acceptors (Lipinski definition) is 7. The second-order valence-electron chi connectivity index (χ2n) is 9.29. The molecule has 1 amide bonds. The zero-order valence-electron chi connectivity index (χ0n) is 21.3. The molecule has 1 atom stereocenters. The van der Waals surface area contributed by atoms with Crippen LogP contribution in [-0.2, 0) is 6.54 Å². The van der Waals surface area contributed by atoms with Crippen molar-refractivity contribution in [3.8, 4) is 34.0 Å². The summed E-state index contributed by atoms with van der Waals surface area (Å²) < 4.78 is 39.0. The summed E-state index contributed by atoms with van der Waals surface area (Å²) in [5.74, 6) is 0.558. The number of rotatable bonds is 6. The van der Waals surface area contributed by atoms with Gasteiger partial charge in [0.2, 0.25) is 0 Å². The standard InChI is InChI=1S/C27H28F2N6O3/c1-17-13-33(2)9-10-35(17)27(36)38-23-11-19-21(12-22(23)37-3)30-16-31-26(19)20-14-34(15-24(28)29)32-25(20)18-7-5-4-6-8-18/h4-8,11-12,14,16-17,24H,9-10,13,15H2,1-3H3/t17-/m0/s1. The molecule has 5 rings (SSSR count). The third kappa shape index (κ3) is 5.14. The van der Waals surface area contributed by atoms with Crippen molar-refractivity contribution in [1.29, 1.82) is 0 Å². The average molecular weight is 523 g/mol. The summed E-state index contributed by atoms with van der Waals surface area (Å²) in [6.45, 7) is 3.46. The molecule has 1 aliphatic rings. The van der Waals surface area contributed by atoms with Crippen LogP contribution in [0.15, 0.2) is 55.0 Å². The van der Waals surface area contributed by atoms with Crippen LogP contribution >= 0.6 is 0 Å². The van der Waals surface area contributed by atoms with Gasteiger partial charge >= 0.3 is 6.09 Å². The molecule has 2 aromatic carbocycles. The second kappa shape index (κ2) is 10.7. The Bertz CT molecular complexity index is 1450. The van der Waals surface area contributed by atoms with E-state index in [1.165, 1.54) is 18.1 Å². The van der Waals surface area contributed by atoms with Crippen molar-refractivity contribution in [1.82, 2.24) is 29.5 Å². The first kappa shape index (κ1) is 25.5. The number of carbonyl (C=O) groups is 1. The number of likely N-dealkylation sites (N-methyl/N-ethyl adjacent to an activating group) is 1. The van der Waals surface area contributed by atoms with E-state index in [1.54, 1.807) is 23.2 Å². The van der Waals surface area contributed by atoms with Crippen LogP contribution in [0.2, 0.25) is 0 Å². The van der Waals surface area contributed by atoms with Crippen LogP contribution in [0.4, 0.5) is 13.6 Å². The number of aromatic nitrogens is 4. The quantitative estimate of drug-likeness (QED) is 0.367. The van der Waals surface area contributed by atoms with Gasteiger partial charge in [0.05, 0.1) is 18.3 Å². The largest absolute Gasteiger partial charge is 0.493 e. The fraction of sp³-hybridized carbons (Fsp3) is 0.333. The van der Waals surface area contributed by atoms with E-state index in [4.69, 9.17) is 9.47 Å². The molecule has 0 bridgehead atoms. The van der Waals surface area contributed by atoms with Gasteiger partial charge in [-0.2, -0.15) is 5.10 Å². The van der Waals surface area contributed by atoms with Gasteiger partial charge in [0.25, 0.3) is 6.43 Å². The van der Waals surface area contributed by atoms with Gasteiger partial charge in [-0.05, 0) is 20.0 Å². The number of fused-ring (bicyclic) bond motifs is 1. The minimum Gasteiger partial charge on any atom is -0.493 e. The Balaban J connectivity index is 1.59. The maximum absolute atomic E-state index is 13.2. The number of amides is 1. The minimum atomic E-state index is -2.57. The first-order valence-corrected chi connectivity index (χ1v) is 12.2. The molecule has 198 valence electrons. The number of carbonyl (C=O) groups excluding carboxylic acids is 1. The van der Waals surface area contributed by atoms with Gasteiger partial charge in [-0.1, -0.05) is 30.3 Å². The molecule has 0 unspecified atom stereocenters. The van der Waals surface area contributed by atoms with E-state index in [9.17, 15) is 13.6 Å². The molecule has 4 aromatic rings. The predicted octanol–water partition coefficient (Wildman–Crippen LogP) is 4.57. The van der Waals surface area contributed by atoms with E-state index in [2.05, 4.69) is 20.0 Å². The molecule has 9 nitrogen and oxygen atoms in total. The van der Waals surface area contributed by atoms with E-state index in [0.717, 1.165) is 18.7 Å². The molecule has 0 radical (unpaired) electrons. The van der Waals surface area contributed by atoms with Crippen molar-refractivity contribution < 1.29 is 23.0 Å². The van der Waals surface area contributed by atoms with E-state index in [1.807, 2.05) is 44.3 Å². The summed E-state index contributed by atoms with van der Waals surface area (Å²) in [5.41, 5.74) is 2.83. The molecule has 1 aliphatic heterocycles. The first-order chi connectivity index (χ1) is 18.3. The van der Waals surface area contributed by atoms with Gasteiger partial charge in [0.1, 0.15) is 18.6 Å². The summed E-state index contributed by atoms with van der Waals surface area (Å²) in [5, 5.41) is 5.01. The highest BCUT2D eigenvalue weighted by Crippen LogP contribution is 2.38. The van der Waals surface area contributed by atoms with E-state index >= 15 is 0 Å². The minimum absolute atomic E-state index is 0.0132. The Hall–Kier alpha value is -4.12. The van der Waals surface area contributed by atoms with E-state index in [-0.39, 0.29) is 11.8 Å². The molecule has 1 saturated heterocycles. The Morgan fingerprint density at radius 2 is 1.89 bits per heavy atom. The van der Waals surface area contributed by atoms with Crippen LogP contribution in [0.25, 0.3) is 33.4 Å². The van der Waals surface area contributed by atoms with Crippen LogP contribution in [0.5, 0.6) is 11.5 Å². The molecule has 38 heavy (non-hydrogen) atoms. The lowest BCUT2D eigenvalue weighted by molar-refractivity contribution is 0.0886. The number of nitrogens with zero attached hydrogens (tertiary/aromatic N) is 6. The molecule has 2 aromatic heterocycles. The van der Waals surface area contributed by atoms with Gasteiger partial charge in [0, 0.05) is 54.5 Å². The monoisotopic (exact) mass is 522 g/mol. The summed E-state index contributed by atoms with van der Waals surface area (Å²) in [6.07, 6.45) is -0.0939. The lowest BCUT2D eigenvalue weighted by Gasteiger charge is -2.37. The van der Waals surface area contributed by atoms with Crippen molar-refractivity contribution in [2.75, 3.05) is 33.8 Å². The highest BCUT2D eigenvalue weighted by molar-refractivity contribution is 5.97. The highest BCUT2D eigenvalue weighted by Gasteiger charge is 2.28. The Labute approximate surface area is 218 Å². The summed E-state index contributed by atoms with van der Waals surface area (Å²) in [7, 11) is 3.50. The van der Waals surface area contributed by atoms with Gasteiger partial charge in [0.15, 0.2) is 11.5 Å². The van der Waals surface area contributed by atoms with Crippen LogP contribution in [0.1, 0.15) is 6.92 Å². The average Bonchev–Trinajstić information content (AvgIpc) is 3.31. The maximum atomic E-state index is 13.2. The zero-order valence-corrected chi connectivity index (χ0v) is 21.3. The molecule has 0 saturated carbocycles. The fourth-order valence-corrected chi connectivity index (χ4v) is 4.72. The third-order valence-corrected chi connectivity index (χ3v) is 6.57. The normalized spacial score (nSPS) is 16.3. The Kier molecular flexibility index (Phi) is 7.19. The number of benzene rings is 2. The molecule has 11 heteroatoms. The topological polar surface area (TPSA) is 85.6 Å². The number of piperazine rings is 1. The number of ether oxygens (including phenoxy) is 2. The van der Waals surface area contributed by atoms with Crippen LogP contribution < -0.4 is 9.47 Å². The molecular weight excluding hydrogens is 494 g/mol. The molecule has 0 aliphatic carbocycles. The van der Waals surface area contributed by atoms with Crippen molar-refractivity contribution in [2.45, 2.75) is 25.9 Å². The molecule has 1 fully saturated rings. The summed E-state index contributed by atoms with van der Waals surface area (Å²) >= 11 is 0. The van der Waals surface area contributed by atoms with Crippen LogP contribution in [0, 0.1) is 0 Å². The predicted molar refractivity (Wildman–Crippen MR) is 138 cm³/mol. The van der Waals surface area contributed by atoms with E-state index < -0.39 is 19.1 Å². The van der Waals surface area contributed by atoms with Crippen molar-refractivity contribution in [3.05, 3.63) is 55.0 Å². The van der Waals surface area contributed by atoms with E-state index in [0.29, 0.717) is 40.1 Å². The van der Waals surface area contributed by atoms with Gasteiger partial charge in [-0.25, -0.2) is 23.5 Å². The first-order valence-electron chi connectivity index (χ1n) is 12.2. The molecule has 0 spiro atoms. The number of alkyl halides is 2. The smallest absolute Gasteiger partial charge is 0.415 e. The molecule has 0 N–H and O–H groups in total. The van der Waals surface area contributed by atoms with Crippen molar-refractivity contribution in [2.24, 2.45) is 0 Å². The van der Waals surface area contributed by atoms with Crippen molar-refractivity contribution in [3.63, 3.8) is 0 Å². The highest BCUT2D eigenvalue weighted by atomic mass is 19.3. The lowest BCUT2D eigenvalue weighted by Crippen LogP contribution is -2.53. The number of halogens is 2. The van der Waals surface area contributed by atoms with Crippen LogP contribution in [-0.4, -0.2) is 81.9 Å². The Morgan fingerprint density at radius 1 is 1.11 bits per heavy atom. The van der Waals surface area contributed by atoms with Crippen LogP contribution in [0.3, 0.4) is 0 Å². The Morgan fingerprint density at radius 3 is 2.61 bits per heavy atom. The van der Waals surface area contributed by atoms with Gasteiger partial charge in [-0.15, -0.1) is 0 Å². The lowest BCUT2D eigenvalue weighted by atomic mass is 10.0. The SMILES string of the molecule is COc1cc2ncnc(-c3cn(CC(F)F)nc3-c3ccccc3)c2cc1OC(=O)N1CCN(C)C[C@@H]1C. The second-order valence-corrected chi connectivity index (χ2v) is 9.29. The van der Waals surface area contributed by atoms with Gasteiger partial charge < -0.3 is 19.3 Å². The fourth-order valence-electron chi connectivity index (χ4n) is 4.72. The van der Waals surface area contributed by atoms with Crippen molar-refractivity contribution >= 4 is 17.0 Å². The number of hydrogen-bond donors (Lipinski definition) is 0. The van der Waals surface area contributed by atoms with Gasteiger partial charge in [-0.3, -0.25) is 4.68 Å². The molecular formula is C27H28F2N6O3. The maximum Gasteiger partial charge on any atom is 0.415 e. The number of methoxy groups -OCH3 is 1. The molecule has 3 heterocycles. The summed E-state index contributed by atoms with van der Waals surface area (Å²) in [6, 6.07) is 12.6. The summed E-state index contributed by atoms with van der Waals surface area (Å²) in [4.78, 5) is 25.8.